The molecule has 47 heavy (non-hydrogen) atoms. The summed E-state index contributed by atoms with van der Waals surface area (Å²) in [4.78, 5) is 2.34. The summed E-state index contributed by atoms with van der Waals surface area (Å²) in [6, 6.07) is 54.8. The monoisotopic (exact) mass is 616 g/mol. The number of thiophene rings is 1. The van der Waals surface area contributed by atoms with Crippen LogP contribution in [0.1, 0.15) is 0 Å². The number of hydrogen-bond donors (Lipinski definition) is 0. The van der Waals surface area contributed by atoms with Crippen LogP contribution in [0.3, 0.4) is 0 Å². The van der Waals surface area contributed by atoms with Crippen LogP contribution in [0.4, 0.5) is 17.1 Å². The topological polar surface area (TPSA) is 17.4 Å². The van der Waals surface area contributed by atoms with Crippen molar-refractivity contribution >= 4 is 93.5 Å². The number of aromatic nitrogens is 1. The molecule has 2 aliphatic rings. The lowest BCUT2D eigenvalue weighted by atomic mass is 9.34. The molecule has 3 nitrogen and oxygen atoms in total. The summed E-state index contributed by atoms with van der Waals surface area (Å²) in [5, 5.41) is 5.31. The van der Waals surface area contributed by atoms with Crippen molar-refractivity contribution < 1.29 is 4.74 Å². The molecule has 2 aliphatic heterocycles. The Morgan fingerprint density at radius 2 is 1.21 bits per heavy atom. The number of nitrogens with zero attached hydrogens (tertiary/aromatic N) is 2. The largest absolute Gasteiger partial charge is 0.458 e. The van der Waals surface area contributed by atoms with Crippen molar-refractivity contribution in [3.63, 3.8) is 0 Å². The Hall–Kier alpha value is -5.78. The van der Waals surface area contributed by atoms with Gasteiger partial charge in [-0.05, 0) is 71.0 Å². The molecule has 0 atom stereocenters. The zero-order valence-corrected chi connectivity index (χ0v) is 26.0. The van der Waals surface area contributed by atoms with Crippen LogP contribution < -0.4 is 26.0 Å². The molecular formula is C42H25BN2OS. The van der Waals surface area contributed by atoms with E-state index in [1.54, 1.807) is 0 Å². The van der Waals surface area contributed by atoms with Crippen molar-refractivity contribution in [1.82, 2.24) is 4.57 Å². The van der Waals surface area contributed by atoms with Gasteiger partial charge in [0.25, 0.3) is 6.71 Å². The summed E-state index contributed by atoms with van der Waals surface area (Å²) in [5.41, 5.74) is 10.7. The van der Waals surface area contributed by atoms with Crippen molar-refractivity contribution in [3.05, 3.63) is 152 Å². The first kappa shape index (κ1) is 25.4. The van der Waals surface area contributed by atoms with Gasteiger partial charge in [0.05, 0.1) is 16.7 Å². The van der Waals surface area contributed by atoms with Gasteiger partial charge in [0.15, 0.2) is 0 Å². The second-order valence-corrected chi connectivity index (χ2v) is 13.6. The summed E-state index contributed by atoms with van der Waals surface area (Å²) in [6.07, 6.45) is 0. The van der Waals surface area contributed by atoms with E-state index in [1.807, 2.05) is 11.3 Å². The average molecular weight is 617 g/mol. The second-order valence-electron chi connectivity index (χ2n) is 12.5. The van der Waals surface area contributed by atoms with Crippen LogP contribution in [0.15, 0.2) is 152 Å². The number of para-hydroxylation sites is 4. The Morgan fingerprint density at radius 1 is 0.532 bits per heavy atom. The zero-order chi connectivity index (χ0) is 30.6. The van der Waals surface area contributed by atoms with Crippen LogP contribution in [0.5, 0.6) is 11.5 Å². The maximum Gasteiger partial charge on any atom is 0.256 e. The van der Waals surface area contributed by atoms with Gasteiger partial charge in [0.1, 0.15) is 11.5 Å². The summed E-state index contributed by atoms with van der Waals surface area (Å²) >= 11 is 1.90. The van der Waals surface area contributed by atoms with Gasteiger partial charge in [0, 0.05) is 54.1 Å². The molecular weight excluding hydrogens is 591 g/mol. The fourth-order valence-corrected chi connectivity index (χ4v) is 9.33. The van der Waals surface area contributed by atoms with E-state index in [0.29, 0.717) is 0 Å². The highest BCUT2D eigenvalue weighted by Crippen LogP contribution is 2.46. The molecule has 11 rings (SSSR count). The second kappa shape index (κ2) is 9.38. The lowest BCUT2D eigenvalue weighted by molar-refractivity contribution is 0.487. The molecule has 0 spiro atoms. The minimum atomic E-state index is 0.0508. The molecule has 9 aromatic rings. The maximum atomic E-state index is 6.88. The van der Waals surface area contributed by atoms with Crippen LogP contribution in [-0.2, 0) is 0 Å². The lowest BCUT2D eigenvalue weighted by Crippen LogP contribution is -2.58. The predicted octanol–water partition coefficient (Wildman–Crippen LogP) is 9.56. The third kappa shape index (κ3) is 3.41. The molecule has 0 N–H and O–H groups in total. The third-order valence-corrected chi connectivity index (χ3v) is 11.1. The first-order valence-electron chi connectivity index (χ1n) is 16.1. The highest BCUT2D eigenvalue weighted by Gasteiger charge is 2.41. The summed E-state index contributed by atoms with van der Waals surface area (Å²) in [5.74, 6) is 1.83. The fourth-order valence-electron chi connectivity index (χ4n) is 8.17. The highest BCUT2D eigenvalue weighted by molar-refractivity contribution is 7.26. The number of fused-ring (bicyclic) bond motifs is 11. The molecule has 0 radical (unpaired) electrons. The Morgan fingerprint density at radius 3 is 2.02 bits per heavy atom. The van der Waals surface area contributed by atoms with Gasteiger partial charge in [-0.2, -0.15) is 0 Å². The van der Waals surface area contributed by atoms with Crippen LogP contribution in [-0.4, -0.2) is 11.3 Å². The minimum absolute atomic E-state index is 0.0508. The van der Waals surface area contributed by atoms with Crippen molar-refractivity contribution in [3.8, 4) is 17.2 Å². The van der Waals surface area contributed by atoms with Crippen molar-refractivity contribution in [2.45, 2.75) is 0 Å². The van der Waals surface area contributed by atoms with Crippen molar-refractivity contribution in [1.29, 1.82) is 0 Å². The van der Waals surface area contributed by atoms with E-state index in [9.17, 15) is 0 Å². The van der Waals surface area contributed by atoms with E-state index in [1.165, 1.54) is 64.1 Å². The molecule has 0 bridgehead atoms. The van der Waals surface area contributed by atoms with Gasteiger partial charge in [-0.3, -0.25) is 0 Å². The number of anilines is 3. The van der Waals surface area contributed by atoms with E-state index < -0.39 is 0 Å². The van der Waals surface area contributed by atoms with Crippen LogP contribution in [0.2, 0.25) is 0 Å². The Balaban J connectivity index is 1.32. The smallest absolute Gasteiger partial charge is 0.256 e. The Bertz CT molecular complexity index is 2690. The Labute approximate surface area is 275 Å². The highest BCUT2D eigenvalue weighted by atomic mass is 32.1. The van der Waals surface area contributed by atoms with E-state index in [2.05, 4.69) is 161 Å². The average Bonchev–Trinajstić information content (AvgIpc) is 3.67. The summed E-state index contributed by atoms with van der Waals surface area (Å²) in [6.45, 7) is 0.0508. The molecule has 2 aromatic heterocycles. The van der Waals surface area contributed by atoms with Gasteiger partial charge in [-0.25, -0.2) is 0 Å². The lowest BCUT2D eigenvalue weighted by Gasteiger charge is -2.35. The molecule has 4 heterocycles. The SMILES string of the molecule is c1ccc(N(c2ccccc2)c2cc3c4c(c2)-n2c5ccccc5c5c6c(cc(c52)B4c2ccccc2O3)sc2ccccc26)cc1. The summed E-state index contributed by atoms with van der Waals surface area (Å²) < 4.78 is 12.1. The van der Waals surface area contributed by atoms with E-state index in [4.69, 9.17) is 4.74 Å². The summed E-state index contributed by atoms with van der Waals surface area (Å²) in [7, 11) is 0. The maximum absolute atomic E-state index is 6.88. The van der Waals surface area contributed by atoms with Gasteiger partial charge < -0.3 is 14.2 Å². The van der Waals surface area contributed by atoms with E-state index in [0.717, 1.165) is 28.6 Å². The van der Waals surface area contributed by atoms with Crippen molar-refractivity contribution in [2.24, 2.45) is 0 Å². The fraction of sp³-hybridized carbons (Fsp3) is 0. The van der Waals surface area contributed by atoms with Crippen LogP contribution in [0.25, 0.3) is 47.7 Å². The molecule has 7 aromatic carbocycles. The Kier molecular flexibility index (Phi) is 5.07. The van der Waals surface area contributed by atoms with Gasteiger partial charge in [0.2, 0.25) is 0 Å². The number of ether oxygens (including phenoxy) is 1. The van der Waals surface area contributed by atoms with Gasteiger partial charge >= 0.3 is 0 Å². The minimum Gasteiger partial charge on any atom is -0.458 e. The standard InChI is InChI=1S/C42H25BN2OS/c1-3-13-26(14-4-1)44(27-15-5-2-6-16-27)28-23-34-41-36(24-28)46-35-21-11-9-19-31(35)43(41)32-25-38-39(30-18-8-12-22-37(30)47-38)40-29-17-7-10-20-33(29)45(34)42(32)40/h1-25H. The molecule has 0 unspecified atom stereocenters. The quantitative estimate of drug-likeness (QED) is 0.184. The number of benzene rings is 7. The third-order valence-electron chi connectivity index (χ3n) is 9.99. The molecule has 218 valence electrons. The number of rotatable bonds is 3. The van der Waals surface area contributed by atoms with Crippen LogP contribution in [0, 0.1) is 0 Å². The molecule has 0 fully saturated rings. The molecule has 0 amide bonds. The van der Waals surface area contributed by atoms with E-state index >= 15 is 0 Å². The first-order valence-corrected chi connectivity index (χ1v) is 16.9. The van der Waals surface area contributed by atoms with Crippen molar-refractivity contribution in [2.75, 3.05) is 4.90 Å². The van der Waals surface area contributed by atoms with E-state index in [-0.39, 0.29) is 6.71 Å². The van der Waals surface area contributed by atoms with Crippen LogP contribution >= 0.6 is 11.3 Å². The molecule has 0 saturated heterocycles. The molecule has 0 saturated carbocycles. The predicted molar refractivity (Wildman–Crippen MR) is 200 cm³/mol. The van der Waals surface area contributed by atoms with Gasteiger partial charge in [-0.15, -0.1) is 11.3 Å². The van der Waals surface area contributed by atoms with Gasteiger partial charge in [-0.1, -0.05) is 91.0 Å². The number of hydrogen-bond acceptors (Lipinski definition) is 3. The zero-order valence-electron chi connectivity index (χ0n) is 25.2. The normalized spacial score (nSPS) is 12.8. The first-order chi connectivity index (χ1) is 23.3. The molecule has 0 aliphatic carbocycles. The molecule has 5 heteroatoms.